The maximum Gasteiger partial charge on any atom is 0.328 e. The SMILES string of the molecule is O=C(O)/C=C/c1ccc(O)c(O)c1.O=C(O)/C=C/c1ccc(O)c(O)c1.[Cu]. The Bertz CT molecular complexity index is 787. The molecule has 0 spiro atoms. The fraction of sp³-hybridized carbons (Fsp3) is 0. The fourth-order valence-electron chi connectivity index (χ4n) is 1.62. The van der Waals surface area contributed by atoms with Crippen LogP contribution >= 0.6 is 0 Å². The maximum atomic E-state index is 10.1. The van der Waals surface area contributed by atoms with E-state index in [0.29, 0.717) is 11.1 Å². The van der Waals surface area contributed by atoms with Gasteiger partial charge >= 0.3 is 11.9 Å². The topological polar surface area (TPSA) is 156 Å². The number of phenolic OH excluding ortho intramolecular Hbond substituents is 4. The van der Waals surface area contributed by atoms with Gasteiger partial charge in [0.15, 0.2) is 23.0 Å². The van der Waals surface area contributed by atoms with Gasteiger partial charge in [-0.15, -0.1) is 0 Å². The molecule has 27 heavy (non-hydrogen) atoms. The molecule has 0 aliphatic rings. The van der Waals surface area contributed by atoms with Crippen LogP contribution in [-0.2, 0) is 26.7 Å². The van der Waals surface area contributed by atoms with E-state index < -0.39 is 11.9 Å². The second-order valence-corrected chi connectivity index (χ2v) is 4.84. The van der Waals surface area contributed by atoms with Crippen LogP contribution in [0, 0.1) is 0 Å². The van der Waals surface area contributed by atoms with Gasteiger partial charge in [-0.3, -0.25) is 0 Å². The molecule has 0 fully saturated rings. The van der Waals surface area contributed by atoms with Crippen LogP contribution in [0.1, 0.15) is 11.1 Å². The molecule has 147 valence electrons. The molecule has 8 nitrogen and oxygen atoms in total. The van der Waals surface area contributed by atoms with E-state index in [1.54, 1.807) is 0 Å². The van der Waals surface area contributed by atoms with E-state index in [4.69, 9.17) is 30.6 Å². The zero-order valence-corrected chi connectivity index (χ0v) is 14.5. The van der Waals surface area contributed by atoms with Crippen molar-refractivity contribution >= 4 is 24.1 Å². The molecule has 2 aromatic carbocycles. The Morgan fingerprint density at radius 3 is 1.22 bits per heavy atom. The summed E-state index contributed by atoms with van der Waals surface area (Å²) in [5.74, 6) is -3.12. The van der Waals surface area contributed by atoms with Gasteiger partial charge in [0, 0.05) is 29.2 Å². The van der Waals surface area contributed by atoms with Gasteiger partial charge in [0.1, 0.15) is 0 Å². The van der Waals surface area contributed by atoms with Crippen molar-refractivity contribution in [3.8, 4) is 23.0 Å². The molecule has 0 saturated carbocycles. The average molecular weight is 424 g/mol. The van der Waals surface area contributed by atoms with Crippen LogP contribution in [0.5, 0.6) is 23.0 Å². The number of carboxylic acids is 2. The number of aliphatic carboxylic acids is 2. The fourth-order valence-corrected chi connectivity index (χ4v) is 1.62. The van der Waals surface area contributed by atoms with E-state index in [1.165, 1.54) is 48.6 Å². The number of benzene rings is 2. The first-order valence-corrected chi connectivity index (χ1v) is 7.05. The molecule has 0 heterocycles. The van der Waals surface area contributed by atoms with Crippen molar-refractivity contribution in [3.63, 3.8) is 0 Å². The standard InChI is InChI=1S/2C9H8O4.Cu/c2*10-7-3-1-6(5-8(7)11)2-4-9(12)13;/h2*1-5,10-11H,(H,12,13);/b2*4-2+;. The Morgan fingerprint density at radius 2 is 0.963 bits per heavy atom. The Hall–Kier alpha value is -3.42. The van der Waals surface area contributed by atoms with Gasteiger partial charge in [-0.2, -0.15) is 0 Å². The average Bonchev–Trinajstić information content (AvgIpc) is 2.57. The first-order valence-electron chi connectivity index (χ1n) is 7.05. The zero-order valence-electron chi connectivity index (χ0n) is 13.6. The number of phenols is 4. The molecule has 0 aliphatic heterocycles. The molecule has 2 aromatic rings. The molecule has 0 aromatic heterocycles. The van der Waals surface area contributed by atoms with Crippen LogP contribution in [0.15, 0.2) is 48.6 Å². The molecule has 0 bridgehead atoms. The molecule has 0 amide bonds. The third kappa shape index (κ3) is 9.01. The van der Waals surface area contributed by atoms with Crippen molar-refractivity contribution in [2.75, 3.05) is 0 Å². The number of carboxylic acid groups (broad SMARTS) is 2. The minimum atomic E-state index is -1.06. The summed E-state index contributed by atoms with van der Waals surface area (Å²) in [5, 5.41) is 52.5. The van der Waals surface area contributed by atoms with E-state index in [1.807, 2.05) is 0 Å². The quantitative estimate of drug-likeness (QED) is 0.249. The molecule has 0 atom stereocenters. The number of rotatable bonds is 4. The Morgan fingerprint density at radius 1 is 0.630 bits per heavy atom. The van der Waals surface area contributed by atoms with Gasteiger partial charge in [-0.25, -0.2) is 9.59 Å². The molecule has 0 unspecified atom stereocenters. The number of hydrogen-bond acceptors (Lipinski definition) is 6. The van der Waals surface area contributed by atoms with Crippen LogP contribution in [0.2, 0.25) is 0 Å². The largest absolute Gasteiger partial charge is 0.504 e. The molecule has 0 saturated heterocycles. The van der Waals surface area contributed by atoms with E-state index in [0.717, 1.165) is 12.2 Å². The van der Waals surface area contributed by atoms with Gasteiger partial charge in [0.25, 0.3) is 0 Å². The van der Waals surface area contributed by atoms with Gasteiger partial charge in [-0.1, -0.05) is 12.1 Å². The Balaban J connectivity index is 0.000000483. The molecular weight excluding hydrogens is 408 g/mol. The number of aromatic hydroxyl groups is 4. The Kier molecular flexibility index (Phi) is 9.82. The minimum absolute atomic E-state index is 0. The first kappa shape index (κ1) is 23.6. The van der Waals surface area contributed by atoms with Crippen molar-refractivity contribution < 1.29 is 57.3 Å². The van der Waals surface area contributed by atoms with E-state index in [9.17, 15) is 9.59 Å². The van der Waals surface area contributed by atoms with Crippen molar-refractivity contribution in [1.29, 1.82) is 0 Å². The molecular formula is C18H16CuO8. The Labute approximate surface area is 164 Å². The summed E-state index contributed by atoms with van der Waals surface area (Å²) in [6, 6.07) is 8.11. The van der Waals surface area contributed by atoms with Crippen molar-refractivity contribution in [2.24, 2.45) is 0 Å². The van der Waals surface area contributed by atoms with Crippen LogP contribution in [0.25, 0.3) is 12.2 Å². The zero-order chi connectivity index (χ0) is 19.7. The minimum Gasteiger partial charge on any atom is -0.504 e. The van der Waals surface area contributed by atoms with E-state index >= 15 is 0 Å². The van der Waals surface area contributed by atoms with Gasteiger partial charge < -0.3 is 30.6 Å². The monoisotopic (exact) mass is 423 g/mol. The van der Waals surface area contributed by atoms with Crippen LogP contribution in [0.3, 0.4) is 0 Å². The van der Waals surface area contributed by atoms with Crippen LogP contribution < -0.4 is 0 Å². The number of hydrogen-bond donors (Lipinski definition) is 6. The second-order valence-electron chi connectivity index (χ2n) is 4.84. The van der Waals surface area contributed by atoms with Crippen molar-refractivity contribution in [2.45, 2.75) is 0 Å². The van der Waals surface area contributed by atoms with Gasteiger partial charge in [0.2, 0.25) is 0 Å². The van der Waals surface area contributed by atoms with E-state index in [2.05, 4.69) is 0 Å². The summed E-state index contributed by atoms with van der Waals surface area (Å²) in [6.07, 6.45) is 4.54. The summed E-state index contributed by atoms with van der Waals surface area (Å²) >= 11 is 0. The van der Waals surface area contributed by atoms with Crippen molar-refractivity contribution in [3.05, 3.63) is 59.7 Å². The van der Waals surface area contributed by atoms with E-state index in [-0.39, 0.29) is 40.1 Å². The first-order chi connectivity index (χ1) is 12.2. The molecule has 2 rings (SSSR count). The summed E-state index contributed by atoms with van der Waals surface area (Å²) in [6.45, 7) is 0. The predicted molar refractivity (Wildman–Crippen MR) is 92.9 cm³/mol. The molecule has 9 heteroatoms. The van der Waals surface area contributed by atoms with Gasteiger partial charge in [0.05, 0.1) is 0 Å². The maximum absolute atomic E-state index is 10.1. The van der Waals surface area contributed by atoms with Gasteiger partial charge in [-0.05, 0) is 47.5 Å². The third-order valence-corrected chi connectivity index (χ3v) is 2.84. The second kappa shape index (κ2) is 11.2. The summed E-state index contributed by atoms with van der Waals surface area (Å²) in [5.41, 5.74) is 1.02. The molecule has 0 aliphatic carbocycles. The number of carbonyl (C=O) groups is 2. The summed E-state index contributed by atoms with van der Waals surface area (Å²) in [4.78, 5) is 20.3. The summed E-state index contributed by atoms with van der Waals surface area (Å²) in [7, 11) is 0. The van der Waals surface area contributed by atoms with Crippen molar-refractivity contribution in [1.82, 2.24) is 0 Å². The third-order valence-electron chi connectivity index (χ3n) is 2.84. The summed E-state index contributed by atoms with van der Waals surface area (Å²) < 4.78 is 0. The van der Waals surface area contributed by atoms with Crippen LogP contribution in [-0.4, -0.2) is 42.6 Å². The molecule has 6 N–H and O–H groups in total. The predicted octanol–water partition coefficient (Wildman–Crippen LogP) is 2.39. The van der Waals surface area contributed by atoms with Crippen LogP contribution in [0.4, 0.5) is 0 Å². The normalized spacial score (nSPS) is 10.1. The molecule has 1 radical (unpaired) electrons. The smallest absolute Gasteiger partial charge is 0.328 e.